The molecule has 2 aliphatic heterocycles. The second kappa shape index (κ2) is 12.2. The van der Waals surface area contributed by atoms with E-state index in [4.69, 9.17) is 9.84 Å². The minimum Gasteiger partial charge on any atom is -0.445 e. The van der Waals surface area contributed by atoms with Gasteiger partial charge in [-0.3, -0.25) is 4.79 Å². The maximum atomic E-state index is 14.1. The van der Waals surface area contributed by atoms with Gasteiger partial charge in [0.2, 0.25) is 5.91 Å². The number of hydrogen-bond acceptors (Lipinski definition) is 4. The molecule has 238 valence electrons. The number of benzene rings is 5. The third-order valence-electron chi connectivity index (χ3n) is 10.1. The molecule has 0 aliphatic carbocycles. The van der Waals surface area contributed by atoms with Crippen LogP contribution in [0.4, 0.5) is 10.5 Å². The van der Waals surface area contributed by atoms with Crippen molar-refractivity contribution in [2.24, 2.45) is 5.41 Å². The molecule has 6 aromatic rings. The highest BCUT2D eigenvalue weighted by Crippen LogP contribution is 2.45. The molecule has 2 amide bonds. The molecule has 2 saturated heterocycles. The third-order valence-corrected chi connectivity index (χ3v) is 10.1. The van der Waals surface area contributed by atoms with E-state index in [1.54, 1.807) is 4.90 Å². The Hall–Kier alpha value is -5.69. The molecule has 0 saturated carbocycles. The summed E-state index contributed by atoms with van der Waals surface area (Å²) in [4.78, 5) is 30.6. The number of carbonyl (C=O) groups is 2. The zero-order valence-electron chi connectivity index (χ0n) is 26.6. The van der Waals surface area contributed by atoms with Crippen molar-refractivity contribution < 1.29 is 14.3 Å². The van der Waals surface area contributed by atoms with E-state index in [2.05, 4.69) is 89.6 Å². The summed E-state index contributed by atoms with van der Waals surface area (Å²) in [6, 6.07) is 47.3. The second-order valence-electron chi connectivity index (χ2n) is 12.8. The lowest BCUT2D eigenvalue weighted by atomic mass is 9.77. The first-order chi connectivity index (χ1) is 23.6. The maximum absolute atomic E-state index is 14.1. The standard InChI is InChI=1S/C41H36N4O3/c46-38-40(23-25-43(30-40)39(47)48-29-31-13-5-1-6-14-31)24-26-44(38)36-21-22-37-32(27-36)28-42-45(37)41(33-15-7-2-8-16-33,34-17-9-3-10-18-34)35-19-11-4-12-20-35/h1-22,27-28H,23-26,29-30H2. The molecular weight excluding hydrogens is 596 g/mol. The molecule has 0 bridgehead atoms. The van der Waals surface area contributed by atoms with Gasteiger partial charge in [0.05, 0.1) is 17.1 Å². The summed E-state index contributed by atoms with van der Waals surface area (Å²) in [5, 5.41) is 6.03. The highest BCUT2D eigenvalue weighted by molar-refractivity contribution is 6.02. The fraction of sp³-hybridized carbons (Fsp3) is 0.195. The Balaban J connectivity index is 1.10. The third kappa shape index (κ3) is 4.94. The highest BCUT2D eigenvalue weighted by atomic mass is 16.6. The number of fused-ring (bicyclic) bond motifs is 1. The molecule has 7 nitrogen and oxygen atoms in total. The number of ether oxygens (including phenoxy) is 1. The summed E-state index contributed by atoms with van der Waals surface area (Å²) >= 11 is 0. The van der Waals surface area contributed by atoms with Crippen molar-refractivity contribution in [3.8, 4) is 0 Å². The first-order valence-electron chi connectivity index (χ1n) is 16.5. The Bertz CT molecular complexity index is 1970. The quantitative estimate of drug-likeness (QED) is 0.170. The number of aromatic nitrogens is 2. The van der Waals surface area contributed by atoms with Crippen LogP contribution in [0.5, 0.6) is 0 Å². The highest BCUT2D eigenvalue weighted by Gasteiger charge is 2.52. The van der Waals surface area contributed by atoms with Crippen LogP contribution < -0.4 is 4.90 Å². The monoisotopic (exact) mass is 632 g/mol. The van der Waals surface area contributed by atoms with Gasteiger partial charge >= 0.3 is 6.09 Å². The Kier molecular flexibility index (Phi) is 7.52. The van der Waals surface area contributed by atoms with Gasteiger partial charge < -0.3 is 14.5 Å². The molecule has 1 aromatic heterocycles. The van der Waals surface area contributed by atoms with Crippen LogP contribution in [-0.2, 0) is 21.7 Å². The molecule has 48 heavy (non-hydrogen) atoms. The van der Waals surface area contributed by atoms with Crippen LogP contribution >= 0.6 is 0 Å². The molecule has 7 heteroatoms. The van der Waals surface area contributed by atoms with Crippen molar-refractivity contribution in [3.05, 3.63) is 168 Å². The van der Waals surface area contributed by atoms with Crippen molar-refractivity contribution in [1.29, 1.82) is 0 Å². The largest absolute Gasteiger partial charge is 0.445 e. The average molecular weight is 633 g/mol. The molecule has 3 heterocycles. The first-order valence-corrected chi connectivity index (χ1v) is 16.5. The van der Waals surface area contributed by atoms with E-state index >= 15 is 0 Å². The van der Waals surface area contributed by atoms with E-state index in [-0.39, 0.29) is 18.6 Å². The van der Waals surface area contributed by atoms with Gasteiger partial charge in [0.15, 0.2) is 0 Å². The van der Waals surface area contributed by atoms with Crippen LogP contribution in [0.3, 0.4) is 0 Å². The predicted octanol–water partition coefficient (Wildman–Crippen LogP) is 7.64. The minimum absolute atomic E-state index is 0.0693. The number of rotatable bonds is 7. The van der Waals surface area contributed by atoms with Gasteiger partial charge in [-0.25, -0.2) is 9.48 Å². The molecule has 8 rings (SSSR count). The van der Waals surface area contributed by atoms with E-state index in [1.807, 2.05) is 65.7 Å². The maximum Gasteiger partial charge on any atom is 0.410 e. The van der Waals surface area contributed by atoms with Gasteiger partial charge in [-0.15, -0.1) is 0 Å². The van der Waals surface area contributed by atoms with E-state index in [0.717, 1.165) is 38.8 Å². The molecular formula is C41H36N4O3. The molecule has 1 unspecified atom stereocenters. The van der Waals surface area contributed by atoms with Crippen molar-refractivity contribution in [2.75, 3.05) is 24.5 Å². The van der Waals surface area contributed by atoms with Crippen LogP contribution in [0.2, 0.25) is 0 Å². The lowest BCUT2D eigenvalue weighted by Crippen LogP contribution is -2.38. The Morgan fingerprint density at radius 2 is 1.29 bits per heavy atom. The van der Waals surface area contributed by atoms with Crippen molar-refractivity contribution in [2.45, 2.75) is 25.0 Å². The van der Waals surface area contributed by atoms with Crippen LogP contribution in [0, 0.1) is 5.41 Å². The van der Waals surface area contributed by atoms with E-state index in [9.17, 15) is 9.59 Å². The van der Waals surface area contributed by atoms with Crippen LogP contribution in [0.1, 0.15) is 35.1 Å². The van der Waals surface area contributed by atoms with E-state index in [1.165, 1.54) is 0 Å². The van der Waals surface area contributed by atoms with Gasteiger partial charge in [0.1, 0.15) is 12.1 Å². The van der Waals surface area contributed by atoms with E-state index in [0.29, 0.717) is 32.5 Å². The molecule has 2 aliphatic rings. The Labute approximate surface area is 280 Å². The summed E-state index contributed by atoms with van der Waals surface area (Å²) in [6.07, 6.45) is 2.87. The summed E-state index contributed by atoms with van der Waals surface area (Å²) in [5.74, 6) is 0.0693. The van der Waals surface area contributed by atoms with Gasteiger partial charge in [-0.05, 0) is 53.3 Å². The zero-order valence-corrected chi connectivity index (χ0v) is 26.6. The zero-order chi connectivity index (χ0) is 32.6. The van der Waals surface area contributed by atoms with Crippen LogP contribution in [0.15, 0.2) is 146 Å². The van der Waals surface area contributed by atoms with Gasteiger partial charge in [0.25, 0.3) is 0 Å². The average Bonchev–Trinajstić information content (AvgIpc) is 3.87. The van der Waals surface area contributed by atoms with Crippen molar-refractivity contribution >= 4 is 28.6 Å². The smallest absolute Gasteiger partial charge is 0.410 e. The minimum atomic E-state index is -0.733. The summed E-state index contributed by atoms with van der Waals surface area (Å²) in [5.41, 5.74) is 4.72. The summed E-state index contributed by atoms with van der Waals surface area (Å²) in [7, 11) is 0. The number of amides is 2. The number of likely N-dealkylation sites (tertiary alicyclic amines) is 1. The van der Waals surface area contributed by atoms with Gasteiger partial charge in [-0.2, -0.15) is 5.10 Å². The van der Waals surface area contributed by atoms with Crippen molar-refractivity contribution in [1.82, 2.24) is 14.7 Å². The van der Waals surface area contributed by atoms with Crippen LogP contribution in [0.25, 0.3) is 10.9 Å². The number of anilines is 1. The fourth-order valence-corrected chi connectivity index (χ4v) is 7.64. The summed E-state index contributed by atoms with van der Waals surface area (Å²) < 4.78 is 7.71. The Morgan fingerprint density at radius 1 is 0.729 bits per heavy atom. The second-order valence-corrected chi connectivity index (χ2v) is 12.8. The lowest BCUT2D eigenvalue weighted by Gasteiger charge is -2.37. The number of hydrogen-bond donors (Lipinski definition) is 0. The van der Waals surface area contributed by atoms with Gasteiger partial charge in [-0.1, -0.05) is 121 Å². The van der Waals surface area contributed by atoms with Crippen molar-refractivity contribution in [3.63, 3.8) is 0 Å². The topological polar surface area (TPSA) is 67.7 Å². The predicted molar refractivity (Wildman–Crippen MR) is 187 cm³/mol. The van der Waals surface area contributed by atoms with E-state index < -0.39 is 11.0 Å². The van der Waals surface area contributed by atoms with Crippen LogP contribution in [-0.4, -0.2) is 46.3 Å². The molecule has 1 spiro atoms. The van der Waals surface area contributed by atoms with Gasteiger partial charge in [0, 0.05) is 30.7 Å². The molecule has 1 atom stereocenters. The normalized spacial score (nSPS) is 17.8. The molecule has 0 N–H and O–H groups in total. The number of nitrogens with zero attached hydrogens (tertiary/aromatic N) is 4. The Morgan fingerprint density at radius 3 is 1.90 bits per heavy atom. The molecule has 2 fully saturated rings. The summed E-state index contributed by atoms with van der Waals surface area (Å²) in [6.45, 7) is 1.72. The lowest BCUT2D eigenvalue weighted by molar-refractivity contribution is -0.124. The first kappa shape index (κ1) is 29.7. The SMILES string of the molecule is O=C(OCc1ccccc1)N1CCC2(CCN(c3ccc4c(cnn4C(c4ccccc4)(c4ccccc4)c4ccccc4)c3)C2=O)C1. The molecule has 5 aromatic carbocycles. The fourth-order valence-electron chi connectivity index (χ4n) is 7.64. The number of carbonyl (C=O) groups excluding carboxylic acids is 2. The molecule has 0 radical (unpaired) electrons.